The Balaban J connectivity index is 1.86. The number of hydroxylamine groups is 1. The molecule has 0 spiro atoms. The van der Waals surface area contributed by atoms with E-state index in [2.05, 4.69) is 5.32 Å². The van der Waals surface area contributed by atoms with E-state index in [1.165, 1.54) is 32.1 Å². The van der Waals surface area contributed by atoms with Crippen LogP contribution in [-0.2, 0) is 6.54 Å². The second kappa shape index (κ2) is 7.26. The SMILES string of the molecule is O=C(NO)c1ccccc1CNCC1CCCCC1. The van der Waals surface area contributed by atoms with Crippen LogP contribution in [0.2, 0.25) is 0 Å². The van der Waals surface area contributed by atoms with Gasteiger partial charge in [-0.2, -0.15) is 0 Å². The third kappa shape index (κ3) is 4.04. The highest BCUT2D eigenvalue weighted by molar-refractivity contribution is 5.94. The summed E-state index contributed by atoms with van der Waals surface area (Å²) in [7, 11) is 0. The third-order valence-electron chi connectivity index (χ3n) is 3.84. The molecule has 19 heavy (non-hydrogen) atoms. The molecule has 0 saturated heterocycles. The van der Waals surface area contributed by atoms with Crippen molar-refractivity contribution in [3.05, 3.63) is 35.4 Å². The lowest BCUT2D eigenvalue weighted by Crippen LogP contribution is -2.26. The van der Waals surface area contributed by atoms with E-state index in [4.69, 9.17) is 5.21 Å². The molecule has 0 radical (unpaired) electrons. The maximum atomic E-state index is 11.5. The number of hydrogen-bond donors (Lipinski definition) is 3. The molecule has 0 aromatic heterocycles. The van der Waals surface area contributed by atoms with Gasteiger partial charge in [-0.05, 0) is 36.9 Å². The minimum absolute atomic E-state index is 0.449. The van der Waals surface area contributed by atoms with Crippen LogP contribution in [0.25, 0.3) is 0 Å². The van der Waals surface area contributed by atoms with Gasteiger partial charge in [-0.25, -0.2) is 5.48 Å². The van der Waals surface area contributed by atoms with Crippen LogP contribution in [0.5, 0.6) is 0 Å². The molecule has 1 saturated carbocycles. The van der Waals surface area contributed by atoms with Gasteiger partial charge in [-0.3, -0.25) is 10.0 Å². The smallest absolute Gasteiger partial charge is 0.274 e. The molecular formula is C15H22N2O2. The topological polar surface area (TPSA) is 61.4 Å². The number of benzene rings is 1. The van der Waals surface area contributed by atoms with Crippen molar-refractivity contribution in [2.45, 2.75) is 38.6 Å². The summed E-state index contributed by atoms with van der Waals surface area (Å²) < 4.78 is 0. The zero-order valence-corrected chi connectivity index (χ0v) is 11.2. The monoisotopic (exact) mass is 262 g/mol. The lowest BCUT2D eigenvalue weighted by atomic mass is 9.89. The number of rotatable bonds is 5. The molecule has 1 amide bonds. The van der Waals surface area contributed by atoms with Gasteiger partial charge < -0.3 is 5.32 Å². The summed E-state index contributed by atoms with van der Waals surface area (Å²) in [4.78, 5) is 11.5. The Bertz CT molecular complexity index is 414. The fourth-order valence-electron chi connectivity index (χ4n) is 2.76. The van der Waals surface area contributed by atoms with Crippen LogP contribution in [-0.4, -0.2) is 17.7 Å². The van der Waals surface area contributed by atoms with Gasteiger partial charge in [0.15, 0.2) is 0 Å². The van der Waals surface area contributed by atoms with Crippen LogP contribution in [0.1, 0.15) is 48.0 Å². The van der Waals surface area contributed by atoms with Crippen molar-refractivity contribution >= 4 is 5.91 Å². The van der Waals surface area contributed by atoms with Crippen molar-refractivity contribution in [1.29, 1.82) is 0 Å². The highest BCUT2D eigenvalue weighted by atomic mass is 16.5. The lowest BCUT2D eigenvalue weighted by Gasteiger charge is -2.22. The van der Waals surface area contributed by atoms with Crippen molar-refractivity contribution in [3.8, 4) is 0 Å². The Kier molecular flexibility index (Phi) is 5.36. The van der Waals surface area contributed by atoms with E-state index in [0.717, 1.165) is 18.0 Å². The van der Waals surface area contributed by atoms with Crippen LogP contribution >= 0.6 is 0 Å². The van der Waals surface area contributed by atoms with Gasteiger partial charge in [-0.1, -0.05) is 37.5 Å². The second-order valence-electron chi connectivity index (χ2n) is 5.23. The quantitative estimate of drug-likeness (QED) is 0.564. The number of carbonyl (C=O) groups excluding carboxylic acids is 1. The average molecular weight is 262 g/mol. The summed E-state index contributed by atoms with van der Waals surface area (Å²) in [5.74, 6) is 0.322. The highest BCUT2D eigenvalue weighted by Crippen LogP contribution is 2.22. The third-order valence-corrected chi connectivity index (χ3v) is 3.84. The molecule has 1 aromatic carbocycles. The second-order valence-corrected chi connectivity index (χ2v) is 5.23. The first-order valence-corrected chi connectivity index (χ1v) is 7.04. The fourth-order valence-corrected chi connectivity index (χ4v) is 2.76. The summed E-state index contributed by atoms with van der Waals surface area (Å²) >= 11 is 0. The van der Waals surface area contributed by atoms with Crippen molar-refractivity contribution < 1.29 is 10.0 Å². The largest absolute Gasteiger partial charge is 0.312 e. The molecule has 1 aliphatic rings. The minimum Gasteiger partial charge on any atom is -0.312 e. The van der Waals surface area contributed by atoms with Gasteiger partial charge in [0, 0.05) is 12.1 Å². The molecule has 0 heterocycles. The van der Waals surface area contributed by atoms with E-state index in [-0.39, 0.29) is 0 Å². The molecule has 4 nitrogen and oxygen atoms in total. The van der Waals surface area contributed by atoms with Gasteiger partial charge in [0.2, 0.25) is 0 Å². The number of hydrogen-bond acceptors (Lipinski definition) is 3. The van der Waals surface area contributed by atoms with Gasteiger partial charge in [0.1, 0.15) is 0 Å². The van der Waals surface area contributed by atoms with Crippen molar-refractivity contribution in [1.82, 2.24) is 10.8 Å². The Morgan fingerprint density at radius 1 is 1.21 bits per heavy atom. The highest BCUT2D eigenvalue weighted by Gasteiger charge is 2.14. The molecule has 3 N–H and O–H groups in total. The fraction of sp³-hybridized carbons (Fsp3) is 0.533. The van der Waals surface area contributed by atoms with Gasteiger partial charge in [0.25, 0.3) is 5.91 Å². The summed E-state index contributed by atoms with van der Waals surface area (Å²) in [6.07, 6.45) is 6.68. The van der Waals surface area contributed by atoms with Crippen molar-refractivity contribution in [3.63, 3.8) is 0 Å². The van der Waals surface area contributed by atoms with Gasteiger partial charge in [-0.15, -0.1) is 0 Å². The summed E-state index contributed by atoms with van der Waals surface area (Å²) in [5.41, 5.74) is 3.14. The average Bonchev–Trinajstić information content (AvgIpc) is 2.48. The van der Waals surface area contributed by atoms with E-state index >= 15 is 0 Å². The van der Waals surface area contributed by atoms with E-state index in [1.807, 2.05) is 12.1 Å². The molecule has 1 fully saturated rings. The van der Waals surface area contributed by atoms with E-state index in [1.54, 1.807) is 17.6 Å². The van der Waals surface area contributed by atoms with E-state index in [9.17, 15) is 4.79 Å². The predicted molar refractivity (Wildman–Crippen MR) is 74.0 cm³/mol. The number of amides is 1. The summed E-state index contributed by atoms with van der Waals surface area (Å²) in [6.45, 7) is 1.68. The molecule has 4 heteroatoms. The molecule has 0 unspecified atom stereocenters. The molecule has 0 aliphatic heterocycles. The maximum absolute atomic E-state index is 11.5. The first-order chi connectivity index (χ1) is 9.31. The summed E-state index contributed by atoms with van der Waals surface area (Å²) in [6, 6.07) is 7.35. The normalized spacial score (nSPS) is 16.3. The molecule has 0 bridgehead atoms. The van der Waals surface area contributed by atoms with Crippen LogP contribution in [0.3, 0.4) is 0 Å². The Morgan fingerprint density at radius 2 is 1.95 bits per heavy atom. The van der Waals surface area contributed by atoms with Gasteiger partial charge in [0.05, 0.1) is 0 Å². The predicted octanol–water partition coefficient (Wildman–Crippen LogP) is 2.48. The Labute approximate surface area is 114 Å². The first-order valence-electron chi connectivity index (χ1n) is 7.04. The van der Waals surface area contributed by atoms with Crippen LogP contribution in [0.4, 0.5) is 0 Å². The molecule has 1 aliphatic carbocycles. The zero-order chi connectivity index (χ0) is 13.5. The standard InChI is InChI=1S/C15H22N2O2/c18-15(17-19)14-9-5-4-8-13(14)11-16-10-12-6-2-1-3-7-12/h4-5,8-9,12,16,19H,1-3,6-7,10-11H2,(H,17,18). The zero-order valence-electron chi connectivity index (χ0n) is 11.2. The molecule has 104 valence electrons. The first kappa shape index (κ1) is 14.0. The Hall–Kier alpha value is -1.39. The van der Waals surface area contributed by atoms with Crippen molar-refractivity contribution in [2.24, 2.45) is 5.92 Å². The van der Waals surface area contributed by atoms with E-state index < -0.39 is 5.91 Å². The van der Waals surface area contributed by atoms with Crippen LogP contribution in [0, 0.1) is 5.92 Å². The Morgan fingerprint density at radius 3 is 2.68 bits per heavy atom. The van der Waals surface area contributed by atoms with Crippen LogP contribution in [0.15, 0.2) is 24.3 Å². The van der Waals surface area contributed by atoms with Gasteiger partial charge >= 0.3 is 0 Å². The van der Waals surface area contributed by atoms with E-state index in [0.29, 0.717) is 12.1 Å². The molecule has 2 rings (SSSR count). The molecular weight excluding hydrogens is 240 g/mol. The summed E-state index contributed by atoms with van der Waals surface area (Å²) in [5, 5.41) is 12.2. The molecule has 1 aromatic rings. The lowest BCUT2D eigenvalue weighted by molar-refractivity contribution is 0.0705. The maximum Gasteiger partial charge on any atom is 0.274 e. The number of nitrogens with one attached hydrogen (secondary N) is 2. The van der Waals surface area contributed by atoms with Crippen molar-refractivity contribution in [2.75, 3.05) is 6.54 Å². The number of carbonyl (C=O) groups is 1. The minimum atomic E-state index is -0.449. The van der Waals surface area contributed by atoms with Crippen LogP contribution < -0.4 is 10.8 Å². The molecule has 0 atom stereocenters.